The Labute approximate surface area is 175 Å². The number of pyridine rings is 1. The lowest BCUT2D eigenvalue weighted by Crippen LogP contribution is -2.53. The number of rotatable bonds is 4. The second kappa shape index (κ2) is 6.66. The highest BCUT2D eigenvalue weighted by Gasteiger charge is 2.58. The van der Waals surface area contributed by atoms with E-state index in [1.807, 2.05) is 41.3 Å². The molecular weight excluding hydrogens is 438 g/mol. The number of nitrogens with zero attached hydrogens (tertiary/aromatic N) is 2. The van der Waals surface area contributed by atoms with Crippen molar-refractivity contribution in [1.82, 2.24) is 15.2 Å². The van der Waals surface area contributed by atoms with Gasteiger partial charge in [-0.05, 0) is 45.6 Å². The third-order valence-corrected chi connectivity index (χ3v) is 6.74. The van der Waals surface area contributed by atoms with Crippen molar-refractivity contribution in [2.24, 2.45) is 5.92 Å². The number of alkyl carbamates (subject to hydrolysis) is 1. The fourth-order valence-electron chi connectivity index (χ4n) is 4.63. The van der Waals surface area contributed by atoms with Gasteiger partial charge in [-0.3, -0.25) is 19.9 Å². The number of ether oxygens (including phenoxy) is 1. The van der Waals surface area contributed by atoms with Crippen LogP contribution in [-0.4, -0.2) is 39.9 Å². The third kappa shape index (κ3) is 2.93. The van der Waals surface area contributed by atoms with Crippen molar-refractivity contribution in [3.05, 3.63) is 63.9 Å². The zero-order chi connectivity index (χ0) is 20.2. The number of halogens is 1. The summed E-state index contributed by atoms with van der Waals surface area (Å²) in [5.74, 6) is -0.283. The molecule has 3 aliphatic rings. The van der Waals surface area contributed by atoms with Gasteiger partial charge < -0.3 is 9.64 Å². The molecule has 1 aromatic carbocycles. The zero-order valence-corrected chi connectivity index (χ0v) is 17.0. The van der Waals surface area contributed by atoms with Crippen LogP contribution in [0.15, 0.2) is 47.1 Å². The number of carbonyl (C=O) groups excluding carboxylic acids is 3. The largest absolute Gasteiger partial charge is 0.432 e. The van der Waals surface area contributed by atoms with Crippen LogP contribution in [-0.2, 0) is 16.0 Å². The van der Waals surface area contributed by atoms with Crippen molar-refractivity contribution in [3.63, 3.8) is 0 Å². The number of benzene rings is 1. The summed E-state index contributed by atoms with van der Waals surface area (Å²) in [4.78, 5) is 42.8. The predicted octanol–water partition coefficient (Wildman–Crippen LogP) is 3.00. The van der Waals surface area contributed by atoms with E-state index >= 15 is 0 Å². The first kappa shape index (κ1) is 18.3. The van der Waals surface area contributed by atoms with Gasteiger partial charge in [-0.1, -0.05) is 18.2 Å². The van der Waals surface area contributed by atoms with Gasteiger partial charge in [0.1, 0.15) is 0 Å². The van der Waals surface area contributed by atoms with E-state index < -0.39 is 11.7 Å². The van der Waals surface area contributed by atoms with E-state index in [-0.39, 0.29) is 23.8 Å². The molecular formula is C21H18BrN3O4. The highest BCUT2D eigenvalue weighted by atomic mass is 79.9. The first-order chi connectivity index (χ1) is 14.0. The third-order valence-electron chi connectivity index (χ3n) is 6.02. The number of aromatic nitrogens is 1. The summed E-state index contributed by atoms with van der Waals surface area (Å²) in [6.45, 7) is 0.509. The van der Waals surface area contributed by atoms with Gasteiger partial charge in [0.05, 0.1) is 11.7 Å². The molecule has 29 heavy (non-hydrogen) atoms. The molecule has 3 heterocycles. The first-order valence-electron chi connectivity index (χ1n) is 9.50. The molecule has 1 unspecified atom stereocenters. The lowest BCUT2D eigenvalue weighted by Gasteiger charge is -2.43. The smallest absolute Gasteiger partial charge is 0.415 e. The van der Waals surface area contributed by atoms with Crippen LogP contribution in [0.3, 0.4) is 0 Å². The highest BCUT2D eigenvalue weighted by Crippen LogP contribution is 2.46. The predicted molar refractivity (Wildman–Crippen MR) is 106 cm³/mol. The number of nitrogens with one attached hydrogen (secondary N) is 1. The molecule has 2 fully saturated rings. The Hall–Kier alpha value is -2.74. The number of amides is 3. The molecule has 3 amide bonds. The first-order valence-corrected chi connectivity index (χ1v) is 10.3. The number of imide groups is 1. The number of fused-ring (bicyclic) bond motifs is 1. The number of hydrogen-bond donors (Lipinski definition) is 1. The van der Waals surface area contributed by atoms with Crippen molar-refractivity contribution < 1.29 is 19.1 Å². The molecule has 2 aliphatic heterocycles. The minimum atomic E-state index is -1.04. The van der Waals surface area contributed by atoms with Gasteiger partial charge in [0.25, 0.3) is 11.8 Å². The van der Waals surface area contributed by atoms with Gasteiger partial charge in [0.2, 0.25) is 0 Å². The summed E-state index contributed by atoms with van der Waals surface area (Å²) in [7, 11) is 0. The lowest BCUT2D eigenvalue weighted by atomic mass is 9.70. The Morgan fingerprint density at radius 2 is 1.97 bits per heavy atom. The van der Waals surface area contributed by atoms with Gasteiger partial charge in [0, 0.05) is 42.0 Å². The van der Waals surface area contributed by atoms with E-state index in [0.29, 0.717) is 31.4 Å². The van der Waals surface area contributed by atoms with Crippen LogP contribution in [0.4, 0.5) is 4.79 Å². The fourth-order valence-corrected chi connectivity index (χ4v) is 5.05. The molecule has 2 aromatic rings. The van der Waals surface area contributed by atoms with Crippen LogP contribution < -0.4 is 5.32 Å². The highest BCUT2D eigenvalue weighted by molar-refractivity contribution is 9.10. The molecule has 7 nitrogen and oxygen atoms in total. The minimum absolute atomic E-state index is 0.00790. The van der Waals surface area contributed by atoms with Gasteiger partial charge in [0.15, 0.2) is 5.60 Å². The molecule has 1 spiro atoms. The summed E-state index contributed by atoms with van der Waals surface area (Å²) in [6, 6.07) is 11.3. The Kier molecular flexibility index (Phi) is 4.20. The molecule has 1 aliphatic carbocycles. The Morgan fingerprint density at radius 3 is 2.69 bits per heavy atom. The topological polar surface area (TPSA) is 88.6 Å². The molecule has 1 saturated heterocycles. The SMILES string of the molecule is O=C1NC(=O)C2(CC(CN3C(=O)c4ccccc4C3Cc3ncccc3Br)C2)O1. The maximum absolute atomic E-state index is 13.1. The average molecular weight is 456 g/mol. The van der Waals surface area contributed by atoms with Crippen molar-refractivity contribution in [2.75, 3.05) is 6.54 Å². The van der Waals surface area contributed by atoms with E-state index in [9.17, 15) is 14.4 Å². The Bertz CT molecular complexity index is 1030. The number of hydrogen-bond acceptors (Lipinski definition) is 5. The molecule has 5 rings (SSSR count). The molecule has 8 heteroatoms. The Morgan fingerprint density at radius 1 is 1.17 bits per heavy atom. The van der Waals surface area contributed by atoms with Gasteiger partial charge in [-0.25, -0.2) is 4.79 Å². The van der Waals surface area contributed by atoms with Gasteiger partial charge in [-0.15, -0.1) is 0 Å². The van der Waals surface area contributed by atoms with E-state index in [0.717, 1.165) is 15.7 Å². The van der Waals surface area contributed by atoms with Crippen LogP contribution >= 0.6 is 15.9 Å². The van der Waals surface area contributed by atoms with E-state index in [4.69, 9.17) is 4.74 Å². The molecule has 148 valence electrons. The quantitative estimate of drug-likeness (QED) is 0.765. The molecule has 1 aromatic heterocycles. The maximum Gasteiger partial charge on any atom is 0.415 e. The van der Waals surface area contributed by atoms with Crippen LogP contribution in [0.1, 0.15) is 40.5 Å². The van der Waals surface area contributed by atoms with Crippen LogP contribution in [0.5, 0.6) is 0 Å². The van der Waals surface area contributed by atoms with Crippen LogP contribution in [0.25, 0.3) is 0 Å². The van der Waals surface area contributed by atoms with E-state index in [1.165, 1.54) is 0 Å². The molecule has 1 saturated carbocycles. The number of carbonyl (C=O) groups is 3. The lowest BCUT2D eigenvalue weighted by molar-refractivity contribution is -0.144. The molecule has 0 radical (unpaired) electrons. The summed E-state index contributed by atoms with van der Waals surface area (Å²) in [6.07, 6.45) is 2.53. The van der Waals surface area contributed by atoms with Crippen molar-refractivity contribution in [1.29, 1.82) is 0 Å². The van der Waals surface area contributed by atoms with E-state index in [1.54, 1.807) is 6.20 Å². The monoisotopic (exact) mass is 455 g/mol. The summed E-state index contributed by atoms with van der Waals surface area (Å²) < 4.78 is 6.11. The standard InChI is InChI=1S/C21H18BrN3O4/c22-15-6-3-7-23-16(15)8-17-13-4-1-2-5-14(13)18(26)25(17)11-12-9-21(10-12)19(27)24-20(28)29-21/h1-7,12,17H,8-11H2,(H,24,27,28). The van der Waals surface area contributed by atoms with Crippen LogP contribution in [0, 0.1) is 5.92 Å². The zero-order valence-electron chi connectivity index (χ0n) is 15.4. The Balaban J connectivity index is 1.38. The van der Waals surface area contributed by atoms with E-state index in [2.05, 4.69) is 26.2 Å². The summed E-state index contributed by atoms with van der Waals surface area (Å²) in [5.41, 5.74) is 1.55. The van der Waals surface area contributed by atoms with Crippen molar-refractivity contribution >= 4 is 33.8 Å². The van der Waals surface area contributed by atoms with Gasteiger partial charge in [-0.2, -0.15) is 0 Å². The molecule has 1 atom stereocenters. The average Bonchev–Trinajstić information content (AvgIpc) is 3.12. The fraction of sp³-hybridized carbons (Fsp3) is 0.333. The summed E-state index contributed by atoms with van der Waals surface area (Å²) >= 11 is 3.55. The second-order valence-electron chi connectivity index (χ2n) is 7.81. The van der Waals surface area contributed by atoms with Crippen LogP contribution in [0.2, 0.25) is 0 Å². The van der Waals surface area contributed by atoms with Crippen molar-refractivity contribution in [3.8, 4) is 0 Å². The maximum atomic E-state index is 13.1. The molecule has 0 bridgehead atoms. The summed E-state index contributed by atoms with van der Waals surface area (Å²) in [5, 5.41) is 2.20. The molecule has 1 N–H and O–H groups in total. The second-order valence-corrected chi connectivity index (χ2v) is 8.66. The minimum Gasteiger partial charge on any atom is -0.432 e. The van der Waals surface area contributed by atoms with Crippen molar-refractivity contribution in [2.45, 2.75) is 30.9 Å². The normalized spacial score (nSPS) is 27.6. The van der Waals surface area contributed by atoms with Gasteiger partial charge >= 0.3 is 6.09 Å².